The summed E-state index contributed by atoms with van der Waals surface area (Å²) < 4.78 is 39.6. The van der Waals surface area contributed by atoms with Crippen molar-refractivity contribution in [1.29, 1.82) is 0 Å². The molecule has 0 amide bonds. The van der Waals surface area contributed by atoms with Gasteiger partial charge in [-0.05, 0) is 50.2 Å². The number of likely N-dealkylation sites (tertiary alicyclic amines) is 1. The summed E-state index contributed by atoms with van der Waals surface area (Å²) in [5, 5.41) is 0. The maximum Gasteiger partial charge on any atom is 0.264 e. The van der Waals surface area contributed by atoms with Crippen LogP contribution in [0.5, 0.6) is 11.5 Å². The van der Waals surface area contributed by atoms with Gasteiger partial charge >= 0.3 is 0 Å². The van der Waals surface area contributed by atoms with Crippen LogP contribution in [0, 0.1) is 0 Å². The molecule has 0 atom stereocenters. The number of hydrogen-bond acceptors (Lipinski definition) is 5. The van der Waals surface area contributed by atoms with E-state index in [0.29, 0.717) is 48.4 Å². The van der Waals surface area contributed by atoms with Gasteiger partial charge in [0, 0.05) is 19.2 Å². The molecule has 6 nitrogen and oxygen atoms in total. The summed E-state index contributed by atoms with van der Waals surface area (Å²) in [6.45, 7) is 4.14. The van der Waals surface area contributed by atoms with Gasteiger partial charge in [0.1, 0.15) is 13.2 Å². The number of benzene rings is 2. The lowest BCUT2D eigenvalue weighted by atomic mass is 10.1. The van der Waals surface area contributed by atoms with Gasteiger partial charge in [-0.3, -0.25) is 4.31 Å². The van der Waals surface area contributed by atoms with E-state index in [1.165, 1.54) is 23.6 Å². The van der Waals surface area contributed by atoms with Gasteiger partial charge in [-0.15, -0.1) is 0 Å². The Balaban J connectivity index is 0.00000240. The molecule has 29 heavy (non-hydrogen) atoms. The van der Waals surface area contributed by atoms with E-state index in [-0.39, 0.29) is 12.4 Å². The summed E-state index contributed by atoms with van der Waals surface area (Å²) in [6.07, 6.45) is 3.61. The number of piperidine rings is 1. The summed E-state index contributed by atoms with van der Waals surface area (Å²) in [5.41, 5.74) is 0.602. The van der Waals surface area contributed by atoms with Gasteiger partial charge in [0.05, 0.1) is 10.6 Å². The molecule has 2 aromatic carbocycles. The molecule has 0 bridgehead atoms. The maximum atomic E-state index is 13.4. The fraction of sp³-hybridized carbons (Fsp3) is 0.429. The second-order valence-corrected chi connectivity index (χ2v) is 8.98. The molecular formula is C21H26ClN2O4S-. The van der Waals surface area contributed by atoms with Gasteiger partial charge in [-0.1, -0.05) is 24.6 Å². The lowest BCUT2D eigenvalue weighted by Crippen LogP contribution is -3.00. The van der Waals surface area contributed by atoms with Gasteiger partial charge in [0.15, 0.2) is 11.5 Å². The van der Waals surface area contributed by atoms with Crippen molar-refractivity contribution >= 4 is 15.7 Å². The van der Waals surface area contributed by atoms with Gasteiger partial charge in [0.2, 0.25) is 0 Å². The second-order valence-electron chi connectivity index (χ2n) is 7.12. The normalized spacial score (nSPS) is 16.7. The van der Waals surface area contributed by atoms with Crippen molar-refractivity contribution in [2.24, 2.45) is 0 Å². The van der Waals surface area contributed by atoms with Crippen LogP contribution in [0.2, 0.25) is 0 Å². The first-order valence-electron chi connectivity index (χ1n) is 9.84. The fourth-order valence-corrected chi connectivity index (χ4v) is 5.18. The summed E-state index contributed by atoms with van der Waals surface area (Å²) >= 11 is 0. The Morgan fingerprint density at radius 1 is 0.897 bits per heavy atom. The number of halogens is 1. The lowest BCUT2D eigenvalue weighted by molar-refractivity contribution is -0.00000859. The highest BCUT2D eigenvalue weighted by Crippen LogP contribution is 2.35. The summed E-state index contributed by atoms with van der Waals surface area (Å²) in [6, 6.07) is 14.0. The first-order valence-corrected chi connectivity index (χ1v) is 11.3. The quantitative estimate of drug-likeness (QED) is 0.643. The Kier molecular flexibility index (Phi) is 7.27. The minimum Gasteiger partial charge on any atom is -1.00 e. The molecule has 0 unspecified atom stereocenters. The Bertz CT molecular complexity index is 902. The summed E-state index contributed by atoms with van der Waals surface area (Å²) in [5.74, 6) is 1.25. The van der Waals surface area contributed by atoms with Crippen LogP contribution in [0.15, 0.2) is 53.4 Å². The first-order chi connectivity index (χ1) is 13.6. The van der Waals surface area contributed by atoms with Crippen molar-refractivity contribution in [1.82, 2.24) is 4.90 Å². The van der Waals surface area contributed by atoms with E-state index < -0.39 is 10.0 Å². The highest BCUT2D eigenvalue weighted by atomic mass is 35.5. The van der Waals surface area contributed by atoms with Crippen LogP contribution in [0.4, 0.5) is 5.69 Å². The van der Waals surface area contributed by atoms with E-state index in [2.05, 4.69) is 4.90 Å². The third-order valence-corrected chi connectivity index (χ3v) is 7.05. The highest BCUT2D eigenvalue weighted by Gasteiger charge is 2.27. The van der Waals surface area contributed by atoms with Crippen LogP contribution in [0.25, 0.3) is 0 Å². The third-order valence-electron chi connectivity index (χ3n) is 5.21. The molecule has 2 aromatic rings. The summed E-state index contributed by atoms with van der Waals surface area (Å²) in [7, 11) is -3.67. The predicted molar refractivity (Wildman–Crippen MR) is 109 cm³/mol. The first kappa shape index (κ1) is 21.7. The molecule has 2 heterocycles. The van der Waals surface area contributed by atoms with Crippen LogP contribution in [0.1, 0.15) is 19.3 Å². The molecule has 158 valence electrons. The molecular weight excluding hydrogens is 412 g/mol. The zero-order valence-electron chi connectivity index (χ0n) is 16.3. The van der Waals surface area contributed by atoms with E-state index in [1.807, 2.05) is 6.07 Å². The molecule has 4 rings (SSSR count). The monoisotopic (exact) mass is 437 g/mol. The molecule has 8 heteroatoms. The number of sulfonamides is 1. The fourth-order valence-electron chi connectivity index (χ4n) is 3.71. The zero-order chi connectivity index (χ0) is 19.4. The smallest absolute Gasteiger partial charge is 0.264 e. The molecule has 0 aliphatic carbocycles. The standard InChI is InChI=1S/C21H26N2O4S.ClH/c24-28(25,19-7-3-1-4-8-19)23(14-13-22-11-5-2-6-12-22)18-9-10-20-21(17-18)27-16-15-26-20;/h1,3-4,7-10,17H,2,5-6,11-16H2;1H/p-1. The average molecular weight is 438 g/mol. The Labute approximate surface area is 178 Å². The SMILES string of the molecule is O=S(=O)(c1ccccc1)N(CCN1CCCCC1)c1ccc2c(c1)OCCO2.[Cl-]. The van der Waals surface area contributed by atoms with Crippen molar-refractivity contribution in [3.05, 3.63) is 48.5 Å². The van der Waals surface area contributed by atoms with E-state index >= 15 is 0 Å². The van der Waals surface area contributed by atoms with Crippen LogP contribution in [0.3, 0.4) is 0 Å². The Hall–Kier alpha value is -1.96. The van der Waals surface area contributed by atoms with Crippen molar-refractivity contribution in [2.75, 3.05) is 43.7 Å². The third kappa shape index (κ3) is 4.97. The van der Waals surface area contributed by atoms with Crippen LogP contribution in [-0.2, 0) is 10.0 Å². The topological polar surface area (TPSA) is 59.1 Å². The van der Waals surface area contributed by atoms with Crippen LogP contribution >= 0.6 is 0 Å². The summed E-state index contributed by atoms with van der Waals surface area (Å²) in [4.78, 5) is 2.64. The van der Waals surface area contributed by atoms with Crippen LogP contribution < -0.4 is 26.2 Å². The van der Waals surface area contributed by atoms with E-state index in [1.54, 1.807) is 42.5 Å². The van der Waals surface area contributed by atoms with E-state index in [9.17, 15) is 8.42 Å². The second kappa shape index (κ2) is 9.69. The van der Waals surface area contributed by atoms with Crippen molar-refractivity contribution in [3.8, 4) is 11.5 Å². The number of ether oxygens (including phenoxy) is 2. The van der Waals surface area contributed by atoms with Crippen LogP contribution in [-0.4, -0.2) is 52.7 Å². The van der Waals surface area contributed by atoms with Crippen molar-refractivity contribution in [2.45, 2.75) is 24.2 Å². The Morgan fingerprint density at radius 3 is 2.31 bits per heavy atom. The number of nitrogens with zero attached hydrogens (tertiary/aromatic N) is 2. The maximum absolute atomic E-state index is 13.4. The number of fused-ring (bicyclic) bond motifs is 1. The van der Waals surface area contributed by atoms with Gasteiger partial charge in [-0.25, -0.2) is 8.42 Å². The molecule has 0 spiro atoms. The van der Waals surface area contributed by atoms with E-state index in [4.69, 9.17) is 9.47 Å². The molecule has 1 saturated heterocycles. The van der Waals surface area contributed by atoms with Crippen molar-refractivity contribution < 1.29 is 30.3 Å². The number of rotatable bonds is 6. The zero-order valence-corrected chi connectivity index (χ0v) is 17.9. The molecule has 0 aromatic heterocycles. The lowest BCUT2D eigenvalue weighted by Gasteiger charge is -2.31. The predicted octanol–water partition coefficient (Wildman–Crippen LogP) is 0.143. The number of anilines is 1. The van der Waals surface area contributed by atoms with Crippen molar-refractivity contribution in [3.63, 3.8) is 0 Å². The highest BCUT2D eigenvalue weighted by molar-refractivity contribution is 7.92. The average Bonchev–Trinajstić information content (AvgIpc) is 2.75. The minimum absolute atomic E-state index is 0. The molecule has 2 aliphatic heterocycles. The largest absolute Gasteiger partial charge is 1.00 e. The Morgan fingerprint density at radius 2 is 1.59 bits per heavy atom. The minimum atomic E-state index is -3.67. The molecule has 0 N–H and O–H groups in total. The van der Waals surface area contributed by atoms with Gasteiger partial charge in [-0.2, -0.15) is 0 Å². The number of hydrogen-bond donors (Lipinski definition) is 0. The molecule has 0 saturated carbocycles. The van der Waals surface area contributed by atoms with Gasteiger partial charge in [0.25, 0.3) is 10.0 Å². The molecule has 2 aliphatic rings. The van der Waals surface area contributed by atoms with Gasteiger partial charge < -0.3 is 26.8 Å². The molecule has 1 fully saturated rings. The molecule has 0 radical (unpaired) electrons. The van der Waals surface area contributed by atoms with E-state index in [0.717, 1.165) is 13.1 Å².